The standard InChI is InChI=1S/C16H23N3O4/c1-19(2)16(18)13-10-15(23-8-6-21-4)14(9-12(13)11-17)22-7-5-20-3/h9-10,18H,5-8H2,1-4H3. The second-order valence-corrected chi connectivity index (χ2v) is 4.88. The Bertz CT molecular complexity index is 567. The van der Waals surface area contributed by atoms with E-state index in [0.29, 0.717) is 49.1 Å². The van der Waals surface area contributed by atoms with Gasteiger partial charge in [0.15, 0.2) is 11.5 Å². The Kier molecular flexibility index (Phi) is 7.88. The van der Waals surface area contributed by atoms with Crippen molar-refractivity contribution in [3.05, 3.63) is 23.3 Å². The van der Waals surface area contributed by atoms with E-state index in [1.807, 2.05) is 0 Å². The Labute approximate surface area is 136 Å². The predicted octanol–water partition coefficient (Wildman–Crippen LogP) is 1.50. The lowest BCUT2D eigenvalue weighted by Gasteiger charge is -2.18. The fraction of sp³-hybridized carbons (Fsp3) is 0.500. The molecule has 0 bridgehead atoms. The molecule has 1 aromatic carbocycles. The van der Waals surface area contributed by atoms with Crippen LogP contribution in [0.4, 0.5) is 0 Å². The smallest absolute Gasteiger partial charge is 0.162 e. The van der Waals surface area contributed by atoms with E-state index in [1.165, 1.54) is 0 Å². The number of hydrogen-bond donors (Lipinski definition) is 1. The molecule has 0 aliphatic rings. The lowest BCUT2D eigenvalue weighted by atomic mass is 10.1. The van der Waals surface area contributed by atoms with Crippen LogP contribution in [0.25, 0.3) is 0 Å². The number of methoxy groups -OCH3 is 2. The number of ether oxygens (including phenoxy) is 4. The molecular weight excluding hydrogens is 298 g/mol. The number of hydrogen-bond acceptors (Lipinski definition) is 6. The minimum atomic E-state index is 0.224. The Morgan fingerprint density at radius 2 is 1.57 bits per heavy atom. The molecule has 0 saturated carbocycles. The summed E-state index contributed by atoms with van der Waals surface area (Å²) in [4.78, 5) is 1.63. The number of amidine groups is 1. The highest BCUT2D eigenvalue weighted by molar-refractivity contribution is 5.99. The number of nitriles is 1. The van der Waals surface area contributed by atoms with Crippen LogP contribution in [-0.4, -0.2) is 65.5 Å². The zero-order valence-electron chi connectivity index (χ0n) is 14.0. The van der Waals surface area contributed by atoms with Crippen molar-refractivity contribution in [3.63, 3.8) is 0 Å². The van der Waals surface area contributed by atoms with Gasteiger partial charge in [0, 0.05) is 39.9 Å². The van der Waals surface area contributed by atoms with Gasteiger partial charge >= 0.3 is 0 Å². The van der Waals surface area contributed by atoms with Gasteiger partial charge < -0.3 is 23.8 Å². The van der Waals surface area contributed by atoms with Gasteiger partial charge in [-0.1, -0.05) is 0 Å². The van der Waals surface area contributed by atoms with Gasteiger partial charge in [0.05, 0.1) is 18.8 Å². The van der Waals surface area contributed by atoms with Crippen LogP contribution in [0.1, 0.15) is 11.1 Å². The van der Waals surface area contributed by atoms with Crippen molar-refractivity contribution in [2.24, 2.45) is 0 Å². The van der Waals surface area contributed by atoms with E-state index in [2.05, 4.69) is 6.07 Å². The summed E-state index contributed by atoms with van der Waals surface area (Å²) in [7, 11) is 6.67. The third kappa shape index (κ3) is 5.43. The highest BCUT2D eigenvalue weighted by atomic mass is 16.5. The molecule has 126 valence electrons. The second kappa shape index (κ2) is 9.66. The first-order valence-corrected chi connectivity index (χ1v) is 7.13. The van der Waals surface area contributed by atoms with Crippen LogP contribution in [0.2, 0.25) is 0 Å². The fourth-order valence-corrected chi connectivity index (χ4v) is 1.78. The fourth-order valence-electron chi connectivity index (χ4n) is 1.78. The van der Waals surface area contributed by atoms with Crippen molar-refractivity contribution >= 4 is 5.84 Å². The van der Waals surface area contributed by atoms with E-state index < -0.39 is 0 Å². The average Bonchev–Trinajstić information content (AvgIpc) is 2.55. The Morgan fingerprint density at radius 1 is 1.04 bits per heavy atom. The molecule has 0 heterocycles. The van der Waals surface area contributed by atoms with E-state index in [-0.39, 0.29) is 5.84 Å². The summed E-state index contributed by atoms with van der Waals surface area (Å²) in [6.45, 7) is 1.54. The van der Waals surface area contributed by atoms with Gasteiger partial charge in [-0.25, -0.2) is 0 Å². The Morgan fingerprint density at radius 3 is 2.00 bits per heavy atom. The Hall–Kier alpha value is -2.30. The van der Waals surface area contributed by atoms with E-state index in [9.17, 15) is 5.26 Å². The van der Waals surface area contributed by atoms with Crippen molar-refractivity contribution in [2.45, 2.75) is 0 Å². The summed E-state index contributed by atoms with van der Waals surface area (Å²) in [6, 6.07) is 5.34. The number of nitrogens with one attached hydrogen (secondary N) is 1. The maximum absolute atomic E-state index is 9.34. The van der Waals surface area contributed by atoms with Gasteiger partial charge in [-0.2, -0.15) is 5.26 Å². The molecule has 0 aliphatic carbocycles. The summed E-state index contributed by atoms with van der Waals surface area (Å²) in [5, 5.41) is 17.5. The second-order valence-electron chi connectivity index (χ2n) is 4.88. The first kappa shape index (κ1) is 18.7. The Balaban J connectivity index is 3.16. The summed E-state index contributed by atoms with van der Waals surface area (Å²) in [5.74, 6) is 1.14. The first-order valence-electron chi connectivity index (χ1n) is 7.13. The number of benzene rings is 1. The largest absolute Gasteiger partial charge is 0.487 e. The van der Waals surface area contributed by atoms with Gasteiger partial charge in [-0.15, -0.1) is 0 Å². The molecule has 0 fully saturated rings. The predicted molar refractivity (Wildman–Crippen MR) is 86.4 cm³/mol. The minimum absolute atomic E-state index is 0.224. The van der Waals surface area contributed by atoms with Crippen LogP contribution in [0.15, 0.2) is 12.1 Å². The van der Waals surface area contributed by atoms with E-state index in [1.54, 1.807) is 45.3 Å². The van der Waals surface area contributed by atoms with Crippen molar-refractivity contribution < 1.29 is 18.9 Å². The van der Waals surface area contributed by atoms with Crippen LogP contribution in [0, 0.1) is 16.7 Å². The molecule has 0 unspecified atom stereocenters. The molecule has 7 nitrogen and oxygen atoms in total. The van der Waals surface area contributed by atoms with Gasteiger partial charge in [0.2, 0.25) is 0 Å². The van der Waals surface area contributed by atoms with Crippen molar-refractivity contribution in [2.75, 3.05) is 54.7 Å². The van der Waals surface area contributed by atoms with Crippen molar-refractivity contribution in [3.8, 4) is 17.6 Å². The molecule has 7 heteroatoms. The third-order valence-corrected chi connectivity index (χ3v) is 3.00. The number of rotatable bonds is 9. The maximum Gasteiger partial charge on any atom is 0.162 e. The van der Waals surface area contributed by atoms with Crippen LogP contribution in [0.3, 0.4) is 0 Å². The molecule has 0 radical (unpaired) electrons. The minimum Gasteiger partial charge on any atom is -0.487 e. The molecule has 1 N–H and O–H groups in total. The van der Waals surface area contributed by atoms with Crippen LogP contribution in [-0.2, 0) is 9.47 Å². The summed E-state index contributed by atoms with van der Waals surface area (Å²) >= 11 is 0. The first-order chi connectivity index (χ1) is 11.0. The molecule has 1 rings (SSSR count). The quantitative estimate of drug-likeness (QED) is 0.421. The zero-order valence-corrected chi connectivity index (χ0v) is 14.0. The lowest BCUT2D eigenvalue weighted by molar-refractivity contribution is 0.132. The lowest BCUT2D eigenvalue weighted by Crippen LogP contribution is -2.23. The van der Waals surface area contributed by atoms with Gasteiger partial charge in [0.25, 0.3) is 0 Å². The van der Waals surface area contributed by atoms with E-state index >= 15 is 0 Å². The zero-order chi connectivity index (χ0) is 17.2. The maximum atomic E-state index is 9.34. The molecule has 0 amide bonds. The van der Waals surface area contributed by atoms with Gasteiger partial charge in [-0.05, 0) is 6.07 Å². The molecule has 0 atom stereocenters. The SMILES string of the molecule is COCCOc1cc(C#N)c(C(=N)N(C)C)cc1OCCOC. The van der Waals surface area contributed by atoms with Crippen LogP contribution in [0.5, 0.6) is 11.5 Å². The molecular formula is C16H23N3O4. The normalized spacial score (nSPS) is 10.0. The molecule has 1 aromatic rings. The average molecular weight is 321 g/mol. The molecule has 0 spiro atoms. The molecule has 23 heavy (non-hydrogen) atoms. The monoisotopic (exact) mass is 321 g/mol. The van der Waals surface area contributed by atoms with Crippen LogP contribution >= 0.6 is 0 Å². The van der Waals surface area contributed by atoms with E-state index in [4.69, 9.17) is 24.4 Å². The van der Waals surface area contributed by atoms with Crippen LogP contribution < -0.4 is 9.47 Å². The molecule has 0 aromatic heterocycles. The van der Waals surface area contributed by atoms with Crippen molar-refractivity contribution in [1.29, 1.82) is 10.7 Å². The molecule has 0 aliphatic heterocycles. The highest BCUT2D eigenvalue weighted by Crippen LogP contribution is 2.31. The highest BCUT2D eigenvalue weighted by Gasteiger charge is 2.16. The topological polar surface area (TPSA) is 87.8 Å². The number of nitrogens with zero attached hydrogens (tertiary/aromatic N) is 2. The third-order valence-electron chi connectivity index (χ3n) is 3.00. The summed E-state index contributed by atoms with van der Waals surface area (Å²) in [5.41, 5.74) is 0.846. The summed E-state index contributed by atoms with van der Waals surface area (Å²) in [6.07, 6.45) is 0. The van der Waals surface area contributed by atoms with E-state index in [0.717, 1.165) is 0 Å². The van der Waals surface area contributed by atoms with Crippen molar-refractivity contribution in [1.82, 2.24) is 4.90 Å². The van der Waals surface area contributed by atoms with Gasteiger partial charge in [-0.3, -0.25) is 5.41 Å². The molecule has 0 saturated heterocycles. The van der Waals surface area contributed by atoms with Gasteiger partial charge in [0.1, 0.15) is 25.1 Å². The summed E-state index contributed by atoms with van der Waals surface area (Å²) < 4.78 is 21.2.